The number of carboxylic acid groups (broad SMARTS) is 1. The van der Waals surface area contributed by atoms with Crippen molar-refractivity contribution in [1.29, 1.82) is 0 Å². The van der Waals surface area contributed by atoms with E-state index in [2.05, 4.69) is 0 Å². The van der Waals surface area contributed by atoms with Gasteiger partial charge in [-0.3, -0.25) is 4.72 Å². The first-order chi connectivity index (χ1) is 10.8. The van der Waals surface area contributed by atoms with Gasteiger partial charge < -0.3 is 5.11 Å². The first-order valence-electron chi connectivity index (χ1n) is 6.27. The molecule has 5 nitrogen and oxygen atoms in total. The van der Waals surface area contributed by atoms with Crippen LogP contribution in [0.4, 0.5) is 14.5 Å². The molecule has 2 aromatic rings. The minimum absolute atomic E-state index is 0.215. The average Bonchev–Trinajstić information content (AvgIpc) is 2.49. The molecule has 0 aliphatic carbocycles. The number of benzene rings is 2. The summed E-state index contributed by atoms with van der Waals surface area (Å²) < 4.78 is 53.1. The molecule has 0 spiro atoms. The molecule has 2 rings (SSSR count). The number of nitrogens with one attached hydrogen (secondary N) is 1. The Morgan fingerprint density at radius 2 is 1.61 bits per heavy atom. The van der Waals surface area contributed by atoms with Crippen LogP contribution in [0, 0.1) is 11.6 Å². The van der Waals surface area contributed by atoms with Crippen LogP contribution in [0.3, 0.4) is 0 Å². The minimum atomic E-state index is -4.18. The summed E-state index contributed by atoms with van der Waals surface area (Å²) >= 11 is 0. The number of hydrogen-bond acceptors (Lipinski definition) is 3. The average molecular weight is 339 g/mol. The highest BCUT2D eigenvalue weighted by Gasteiger charge is 2.18. The standard InChI is InChI=1S/C15H11F2NO4S/c16-12-2-1-3-13(17)15(12)18-23(21,22)11-7-4-10(5-8-11)6-9-14(19)20/h1-9,18H,(H,19,20). The van der Waals surface area contributed by atoms with Crippen molar-refractivity contribution in [3.63, 3.8) is 0 Å². The van der Waals surface area contributed by atoms with Crippen LogP contribution in [-0.2, 0) is 14.8 Å². The van der Waals surface area contributed by atoms with Gasteiger partial charge in [-0.25, -0.2) is 22.0 Å². The van der Waals surface area contributed by atoms with Crippen LogP contribution < -0.4 is 4.72 Å². The van der Waals surface area contributed by atoms with E-state index in [-0.39, 0.29) is 4.90 Å². The number of anilines is 1. The lowest BCUT2D eigenvalue weighted by Gasteiger charge is -2.10. The summed E-state index contributed by atoms with van der Waals surface area (Å²) in [6, 6.07) is 8.11. The fourth-order valence-electron chi connectivity index (χ4n) is 1.71. The van der Waals surface area contributed by atoms with Gasteiger partial charge in [-0.15, -0.1) is 0 Å². The normalized spacial score (nSPS) is 11.6. The van der Waals surface area contributed by atoms with Crippen LogP contribution in [0.2, 0.25) is 0 Å². The van der Waals surface area contributed by atoms with Crippen molar-refractivity contribution in [2.24, 2.45) is 0 Å². The molecule has 0 amide bonds. The Hall–Kier alpha value is -2.74. The van der Waals surface area contributed by atoms with E-state index in [1.807, 2.05) is 4.72 Å². The van der Waals surface area contributed by atoms with E-state index in [1.165, 1.54) is 30.3 Å². The number of aliphatic carboxylic acids is 1. The zero-order valence-corrected chi connectivity index (χ0v) is 12.3. The molecule has 0 fully saturated rings. The molecule has 120 valence electrons. The fourth-order valence-corrected chi connectivity index (χ4v) is 2.79. The van der Waals surface area contributed by atoms with E-state index in [9.17, 15) is 22.0 Å². The van der Waals surface area contributed by atoms with E-state index in [1.54, 1.807) is 0 Å². The largest absolute Gasteiger partial charge is 0.478 e. The van der Waals surface area contributed by atoms with Gasteiger partial charge in [0.15, 0.2) is 0 Å². The molecule has 0 saturated carbocycles. The number of sulfonamides is 1. The van der Waals surface area contributed by atoms with Crippen LogP contribution in [-0.4, -0.2) is 19.5 Å². The van der Waals surface area contributed by atoms with Crippen LogP contribution in [0.5, 0.6) is 0 Å². The van der Waals surface area contributed by atoms with E-state index in [0.29, 0.717) is 5.56 Å². The van der Waals surface area contributed by atoms with Crippen molar-refractivity contribution in [2.45, 2.75) is 4.90 Å². The van der Waals surface area contributed by atoms with Crippen molar-refractivity contribution in [3.05, 3.63) is 65.7 Å². The molecule has 0 aliphatic rings. The van der Waals surface area contributed by atoms with E-state index in [4.69, 9.17) is 5.11 Å². The lowest BCUT2D eigenvalue weighted by atomic mass is 10.2. The Balaban J connectivity index is 2.28. The second-order valence-corrected chi connectivity index (χ2v) is 6.13. The minimum Gasteiger partial charge on any atom is -0.478 e. The number of hydrogen-bond donors (Lipinski definition) is 2. The predicted molar refractivity (Wildman–Crippen MR) is 80.3 cm³/mol. The molecular formula is C15H11F2NO4S. The van der Waals surface area contributed by atoms with Crippen molar-refractivity contribution >= 4 is 27.8 Å². The van der Waals surface area contributed by atoms with Gasteiger partial charge in [-0.2, -0.15) is 0 Å². The van der Waals surface area contributed by atoms with Gasteiger partial charge in [0.2, 0.25) is 0 Å². The fraction of sp³-hybridized carbons (Fsp3) is 0. The topological polar surface area (TPSA) is 83.5 Å². The summed E-state index contributed by atoms with van der Waals surface area (Å²) in [7, 11) is -4.18. The summed E-state index contributed by atoms with van der Waals surface area (Å²) in [5, 5.41) is 8.51. The molecule has 2 N–H and O–H groups in total. The molecule has 0 atom stereocenters. The number of halogens is 2. The number of carbonyl (C=O) groups is 1. The Morgan fingerprint density at radius 3 is 2.13 bits per heavy atom. The molecule has 0 radical (unpaired) electrons. The zero-order chi connectivity index (χ0) is 17.0. The van der Waals surface area contributed by atoms with Crippen molar-refractivity contribution in [1.82, 2.24) is 0 Å². The highest BCUT2D eigenvalue weighted by molar-refractivity contribution is 7.92. The number of rotatable bonds is 5. The third-order valence-corrected chi connectivity index (χ3v) is 4.17. The lowest BCUT2D eigenvalue weighted by Crippen LogP contribution is -2.15. The monoisotopic (exact) mass is 339 g/mol. The maximum atomic E-state index is 13.5. The SMILES string of the molecule is O=C(O)C=Cc1ccc(S(=O)(=O)Nc2c(F)cccc2F)cc1. The zero-order valence-electron chi connectivity index (χ0n) is 11.5. The molecule has 0 heterocycles. The van der Waals surface area contributed by atoms with Crippen LogP contribution in [0.25, 0.3) is 6.08 Å². The maximum absolute atomic E-state index is 13.5. The third kappa shape index (κ3) is 4.13. The number of carboxylic acids is 1. The molecule has 0 aromatic heterocycles. The third-order valence-electron chi connectivity index (χ3n) is 2.81. The maximum Gasteiger partial charge on any atom is 0.328 e. The highest BCUT2D eigenvalue weighted by atomic mass is 32.2. The van der Waals surface area contributed by atoms with Crippen LogP contribution >= 0.6 is 0 Å². The summed E-state index contributed by atoms with van der Waals surface area (Å²) in [6.45, 7) is 0. The molecule has 2 aromatic carbocycles. The van der Waals surface area contributed by atoms with E-state index < -0.39 is 33.3 Å². The van der Waals surface area contributed by atoms with Gasteiger partial charge in [0, 0.05) is 6.08 Å². The Bertz CT molecular complexity index is 841. The Morgan fingerprint density at radius 1 is 1.04 bits per heavy atom. The molecule has 0 aliphatic heterocycles. The van der Waals surface area contributed by atoms with Gasteiger partial charge in [0.25, 0.3) is 10.0 Å². The molecule has 23 heavy (non-hydrogen) atoms. The quantitative estimate of drug-likeness (QED) is 0.821. The summed E-state index contributed by atoms with van der Waals surface area (Å²) in [5.74, 6) is -3.21. The van der Waals surface area contributed by atoms with Crippen LogP contribution in [0.1, 0.15) is 5.56 Å². The molecule has 0 saturated heterocycles. The highest BCUT2D eigenvalue weighted by Crippen LogP contribution is 2.22. The predicted octanol–water partition coefficient (Wildman–Crippen LogP) is 2.86. The summed E-state index contributed by atoms with van der Waals surface area (Å²) in [6.07, 6.45) is 2.18. The Labute approximate surface area is 130 Å². The molecule has 0 unspecified atom stereocenters. The summed E-state index contributed by atoms with van der Waals surface area (Å²) in [5.41, 5.74) is -0.300. The van der Waals surface area contributed by atoms with Gasteiger partial charge in [0.1, 0.15) is 17.3 Å². The molecule has 0 bridgehead atoms. The van der Waals surface area contributed by atoms with Crippen LogP contribution in [0.15, 0.2) is 53.4 Å². The molecular weight excluding hydrogens is 328 g/mol. The first-order valence-corrected chi connectivity index (χ1v) is 7.76. The first kappa shape index (κ1) is 16.6. The second-order valence-electron chi connectivity index (χ2n) is 4.44. The number of para-hydroxylation sites is 1. The smallest absolute Gasteiger partial charge is 0.328 e. The van der Waals surface area contributed by atoms with E-state index >= 15 is 0 Å². The Kier molecular flexibility index (Phi) is 4.75. The van der Waals surface area contributed by atoms with Gasteiger partial charge in [-0.1, -0.05) is 18.2 Å². The second kappa shape index (κ2) is 6.57. The molecule has 8 heteroatoms. The summed E-state index contributed by atoms with van der Waals surface area (Å²) in [4.78, 5) is 10.2. The van der Waals surface area contributed by atoms with E-state index in [0.717, 1.165) is 24.3 Å². The van der Waals surface area contributed by atoms with Gasteiger partial charge in [0.05, 0.1) is 4.90 Å². The van der Waals surface area contributed by atoms with Crippen molar-refractivity contribution in [2.75, 3.05) is 4.72 Å². The van der Waals surface area contributed by atoms with Gasteiger partial charge in [-0.05, 0) is 35.9 Å². The van der Waals surface area contributed by atoms with Gasteiger partial charge >= 0.3 is 5.97 Å². The van der Waals surface area contributed by atoms with Crippen molar-refractivity contribution in [3.8, 4) is 0 Å². The lowest BCUT2D eigenvalue weighted by molar-refractivity contribution is -0.131. The van der Waals surface area contributed by atoms with Crippen molar-refractivity contribution < 1.29 is 27.1 Å².